The third-order valence-corrected chi connectivity index (χ3v) is 2.92. The zero-order valence-corrected chi connectivity index (χ0v) is 9.96. The second-order valence-corrected chi connectivity index (χ2v) is 4.16. The van der Waals surface area contributed by atoms with E-state index >= 15 is 0 Å². The first-order chi connectivity index (χ1) is 9.16. The number of rotatable bonds is 1. The molecule has 5 nitrogen and oxygen atoms in total. The number of anilines is 2. The van der Waals surface area contributed by atoms with Gasteiger partial charge in [-0.25, -0.2) is 0 Å². The molecular weight excluding hydrogens is 242 g/mol. The Hall–Kier alpha value is -2.82. The minimum atomic E-state index is -0.160. The molecule has 1 aromatic carbocycles. The van der Waals surface area contributed by atoms with Gasteiger partial charge in [-0.2, -0.15) is 0 Å². The summed E-state index contributed by atoms with van der Waals surface area (Å²) in [5.74, 6) is 0.419. The molecule has 0 saturated carbocycles. The Kier molecular flexibility index (Phi) is 2.45. The molecule has 0 unspecified atom stereocenters. The van der Waals surface area contributed by atoms with E-state index < -0.39 is 0 Å². The van der Waals surface area contributed by atoms with Gasteiger partial charge in [-0.15, -0.1) is 0 Å². The number of fused-ring (bicyclic) bond motifs is 1. The molecule has 0 fully saturated rings. The highest BCUT2D eigenvalue weighted by molar-refractivity contribution is 5.94. The Labute approximate surface area is 108 Å². The van der Waals surface area contributed by atoms with Gasteiger partial charge in [0.05, 0.1) is 16.8 Å². The van der Waals surface area contributed by atoms with E-state index in [1.807, 2.05) is 0 Å². The van der Waals surface area contributed by atoms with Gasteiger partial charge < -0.3 is 15.9 Å². The molecule has 0 spiro atoms. The first-order valence-electron chi connectivity index (χ1n) is 5.69. The number of benzene rings is 1. The van der Waals surface area contributed by atoms with Crippen LogP contribution in [0.5, 0.6) is 0 Å². The summed E-state index contributed by atoms with van der Waals surface area (Å²) >= 11 is 0. The SMILES string of the molecule is Nc1ccc2c(=O)cc(-c3cccnc3)oc2c1N. The molecule has 0 aliphatic rings. The van der Waals surface area contributed by atoms with Crippen molar-refractivity contribution in [2.24, 2.45) is 0 Å². The van der Waals surface area contributed by atoms with Crippen LogP contribution in [-0.4, -0.2) is 4.98 Å². The molecule has 0 aliphatic carbocycles. The fourth-order valence-corrected chi connectivity index (χ4v) is 1.91. The van der Waals surface area contributed by atoms with Gasteiger partial charge in [0, 0.05) is 24.0 Å². The monoisotopic (exact) mass is 253 g/mol. The molecule has 0 atom stereocenters. The molecule has 0 radical (unpaired) electrons. The lowest BCUT2D eigenvalue weighted by Crippen LogP contribution is -2.04. The number of pyridine rings is 1. The van der Waals surface area contributed by atoms with Gasteiger partial charge in [0.15, 0.2) is 11.0 Å². The lowest BCUT2D eigenvalue weighted by Gasteiger charge is -2.06. The molecule has 0 aliphatic heterocycles. The summed E-state index contributed by atoms with van der Waals surface area (Å²) in [5, 5.41) is 0.416. The molecule has 2 heterocycles. The maximum absolute atomic E-state index is 12.1. The first kappa shape index (κ1) is 11.3. The van der Waals surface area contributed by atoms with Gasteiger partial charge in [0.2, 0.25) is 0 Å². The second-order valence-electron chi connectivity index (χ2n) is 4.16. The van der Waals surface area contributed by atoms with Crippen LogP contribution in [0.3, 0.4) is 0 Å². The number of nitrogen functional groups attached to an aromatic ring is 2. The highest BCUT2D eigenvalue weighted by Gasteiger charge is 2.10. The second kappa shape index (κ2) is 4.13. The summed E-state index contributed by atoms with van der Waals surface area (Å²) in [6.07, 6.45) is 3.27. The maximum Gasteiger partial charge on any atom is 0.193 e. The van der Waals surface area contributed by atoms with E-state index in [-0.39, 0.29) is 11.1 Å². The van der Waals surface area contributed by atoms with E-state index in [2.05, 4.69) is 4.98 Å². The Morgan fingerprint density at radius 1 is 1.16 bits per heavy atom. The van der Waals surface area contributed by atoms with Crippen molar-refractivity contribution >= 4 is 22.3 Å². The Morgan fingerprint density at radius 2 is 2.00 bits per heavy atom. The summed E-state index contributed by atoms with van der Waals surface area (Å²) in [5.41, 5.74) is 13.1. The molecule has 0 bridgehead atoms. The fraction of sp³-hybridized carbons (Fsp3) is 0. The molecule has 0 saturated heterocycles. The number of nitrogens with zero attached hydrogens (tertiary/aromatic N) is 1. The molecular formula is C14H11N3O2. The van der Waals surface area contributed by atoms with Crippen LogP contribution in [0.15, 0.2) is 51.9 Å². The number of hydrogen-bond acceptors (Lipinski definition) is 5. The van der Waals surface area contributed by atoms with Crippen LogP contribution < -0.4 is 16.9 Å². The first-order valence-corrected chi connectivity index (χ1v) is 5.69. The van der Waals surface area contributed by atoms with Gasteiger partial charge in [0.1, 0.15) is 5.76 Å². The van der Waals surface area contributed by atoms with Crippen molar-refractivity contribution in [2.75, 3.05) is 11.5 Å². The Balaban J connectivity index is 2.36. The normalized spacial score (nSPS) is 10.7. The van der Waals surface area contributed by atoms with Gasteiger partial charge in [-0.1, -0.05) is 0 Å². The lowest BCUT2D eigenvalue weighted by atomic mass is 10.1. The largest absolute Gasteiger partial charge is 0.453 e. The average molecular weight is 253 g/mol. The minimum Gasteiger partial charge on any atom is -0.453 e. The third kappa shape index (κ3) is 1.81. The van der Waals surface area contributed by atoms with Gasteiger partial charge in [-0.3, -0.25) is 9.78 Å². The zero-order valence-electron chi connectivity index (χ0n) is 9.96. The summed E-state index contributed by atoms with van der Waals surface area (Å²) in [4.78, 5) is 16.1. The van der Waals surface area contributed by atoms with Gasteiger partial charge >= 0.3 is 0 Å². The predicted molar refractivity (Wildman–Crippen MR) is 74.5 cm³/mol. The molecule has 0 amide bonds. The number of hydrogen-bond donors (Lipinski definition) is 2. The van der Waals surface area contributed by atoms with E-state index in [1.165, 1.54) is 6.07 Å². The summed E-state index contributed by atoms with van der Waals surface area (Å²) in [6, 6.07) is 8.20. The van der Waals surface area contributed by atoms with Crippen LogP contribution in [-0.2, 0) is 0 Å². The Morgan fingerprint density at radius 3 is 2.74 bits per heavy atom. The van der Waals surface area contributed by atoms with Crippen LogP contribution in [0.2, 0.25) is 0 Å². The molecule has 4 N–H and O–H groups in total. The smallest absolute Gasteiger partial charge is 0.193 e. The molecule has 2 aromatic heterocycles. The summed E-state index contributed by atoms with van der Waals surface area (Å²) in [7, 11) is 0. The number of aromatic nitrogens is 1. The van der Waals surface area contributed by atoms with Crippen LogP contribution >= 0.6 is 0 Å². The molecule has 3 rings (SSSR count). The van der Waals surface area contributed by atoms with E-state index in [9.17, 15) is 4.79 Å². The zero-order chi connectivity index (χ0) is 13.4. The van der Waals surface area contributed by atoms with Crippen molar-refractivity contribution in [1.82, 2.24) is 4.98 Å². The van der Waals surface area contributed by atoms with Crippen LogP contribution in [0.25, 0.3) is 22.3 Å². The Bertz CT molecular complexity index is 810. The fourth-order valence-electron chi connectivity index (χ4n) is 1.91. The van der Waals surface area contributed by atoms with Crippen molar-refractivity contribution in [1.29, 1.82) is 0 Å². The van der Waals surface area contributed by atoms with Crippen molar-refractivity contribution in [3.8, 4) is 11.3 Å². The number of nitrogens with two attached hydrogens (primary N) is 2. The van der Waals surface area contributed by atoms with E-state index in [4.69, 9.17) is 15.9 Å². The topological polar surface area (TPSA) is 95.1 Å². The van der Waals surface area contributed by atoms with Crippen molar-refractivity contribution in [2.45, 2.75) is 0 Å². The molecule has 3 aromatic rings. The summed E-state index contributed by atoms with van der Waals surface area (Å²) < 4.78 is 5.70. The average Bonchev–Trinajstić information content (AvgIpc) is 2.44. The van der Waals surface area contributed by atoms with Crippen molar-refractivity contribution in [3.05, 3.63) is 52.9 Å². The van der Waals surface area contributed by atoms with E-state index in [1.54, 1.807) is 36.7 Å². The van der Waals surface area contributed by atoms with Gasteiger partial charge in [-0.05, 0) is 24.3 Å². The quantitative estimate of drug-likeness (QED) is 0.647. The van der Waals surface area contributed by atoms with Crippen LogP contribution in [0.4, 0.5) is 11.4 Å². The molecule has 5 heteroatoms. The highest BCUT2D eigenvalue weighted by atomic mass is 16.3. The molecule has 19 heavy (non-hydrogen) atoms. The summed E-state index contributed by atoms with van der Waals surface area (Å²) in [6.45, 7) is 0. The standard InChI is InChI=1S/C14H11N3O2/c15-10-4-3-9-11(18)6-12(19-14(9)13(10)16)8-2-1-5-17-7-8/h1-7H,15-16H2. The maximum atomic E-state index is 12.1. The predicted octanol–water partition coefficient (Wildman–Crippen LogP) is 2.02. The highest BCUT2D eigenvalue weighted by Crippen LogP contribution is 2.28. The van der Waals surface area contributed by atoms with Crippen molar-refractivity contribution in [3.63, 3.8) is 0 Å². The lowest BCUT2D eigenvalue weighted by molar-refractivity contribution is 0.620. The van der Waals surface area contributed by atoms with Crippen LogP contribution in [0.1, 0.15) is 0 Å². The minimum absolute atomic E-state index is 0.160. The van der Waals surface area contributed by atoms with Crippen molar-refractivity contribution < 1.29 is 4.42 Å². The van der Waals surface area contributed by atoms with Crippen LogP contribution in [0, 0.1) is 0 Å². The van der Waals surface area contributed by atoms with E-state index in [0.29, 0.717) is 28.0 Å². The third-order valence-electron chi connectivity index (χ3n) is 2.92. The van der Waals surface area contributed by atoms with E-state index in [0.717, 1.165) is 0 Å². The van der Waals surface area contributed by atoms with Gasteiger partial charge in [0.25, 0.3) is 0 Å². The molecule has 94 valence electrons.